The standard InChI is InChI=1S/C35H41N6O3P/c1-4-30-28-14-6-7-15-31(28)44-17-16-40(30)21-24-10-8-11-25(18-24)26-12-9-13-27(19-26)41-34(29(20-38-41)35(42)43-5-2)32-23-45(32)33(36)22-39(3)37/h6-15,18-20,22,30,32H,4-5,16-17,21,23,36-37H2,1-3H3/b33-22+/t30-,32+,45?/m1/s1. The first-order valence-corrected chi connectivity index (χ1v) is 17.1. The summed E-state index contributed by atoms with van der Waals surface area (Å²) in [6.07, 6.45) is 5.25. The van der Waals surface area contributed by atoms with Gasteiger partial charge in [0.05, 0.1) is 24.2 Å². The van der Waals surface area contributed by atoms with E-state index < -0.39 is 7.92 Å². The van der Waals surface area contributed by atoms with Crippen LogP contribution in [0, 0.1) is 0 Å². The third kappa shape index (κ3) is 6.61. The average molecular weight is 625 g/mol. The summed E-state index contributed by atoms with van der Waals surface area (Å²) in [6.45, 7) is 6.71. The van der Waals surface area contributed by atoms with Gasteiger partial charge in [0.1, 0.15) is 17.9 Å². The molecule has 1 aromatic heterocycles. The fraction of sp³-hybridized carbons (Fsp3) is 0.314. The lowest BCUT2D eigenvalue weighted by atomic mass is 9.99. The number of carbonyl (C=O) groups excluding carboxylic acids is 1. The molecule has 10 heteroatoms. The molecule has 0 saturated carbocycles. The molecule has 4 aromatic rings. The van der Waals surface area contributed by atoms with Gasteiger partial charge in [0.25, 0.3) is 0 Å². The van der Waals surface area contributed by atoms with Gasteiger partial charge in [0, 0.05) is 49.0 Å². The number of nitrogens with two attached hydrogens (primary N) is 2. The van der Waals surface area contributed by atoms with E-state index in [9.17, 15) is 4.79 Å². The van der Waals surface area contributed by atoms with Crippen molar-refractivity contribution in [1.82, 2.24) is 19.7 Å². The number of hydrogen-bond acceptors (Lipinski definition) is 8. The van der Waals surface area contributed by atoms with Crippen LogP contribution in [0.3, 0.4) is 0 Å². The maximum atomic E-state index is 13.0. The molecule has 9 nitrogen and oxygen atoms in total. The molecule has 0 spiro atoms. The second kappa shape index (κ2) is 13.4. The first-order valence-electron chi connectivity index (χ1n) is 15.5. The lowest BCUT2D eigenvalue weighted by Gasteiger charge is -2.29. The summed E-state index contributed by atoms with van der Waals surface area (Å²) in [5.74, 6) is 6.45. The van der Waals surface area contributed by atoms with E-state index in [0.29, 0.717) is 24.8 Å². The Hall–Kier alpha value is -4.17. The molecule has 0 aliphatic carbocycles. The van der Waals surface area contributed by atoms with Crippen LogP contribution in [-0.2, 0) is 11.3 Å². The first-order chi connectivity index (χ1) is 21.9. The number of carbonyl (C=O) groups is 1. The summed E-state index contributed by atoms with van der Waals surface area (Å²) in [6, 6.07) is 25.7. The van der Waals surface area contributed by atoms with Gasteiger partial charge >= 0.3 is 5.97 Å². The zero-order valence-corrected chi connectivity index (χ0v) is 27.0. The number of esters is 1. The molecule has 2 aliphatic heterocycles. The van der Waals surface area contributed by atoms with Gasteiger partial charge in [-0.05, 0) is 68.4 Å². The van der Waals surface area contributed by atoms with Crippen molar-refractivity contribution in [2.75, 3.05) is 33.0 Å². The number of para-hydroxylation sites is 1. The topological polar surface area (TPSA) is 112 Å². The summed E-state index contributed by atoms with van der Waals surface area (Å²) < 4.78 is 13.4. The van der Waals surface area contributed by atoms with Crippen LogP contribution in [0.2, 0.25) is 0 Å². The van der Waals surface area contributed by atoms with Crippen LogP contribution < -0.4 is 16.3 Å². The Morgan fingerprint density at radius 2 is 1.89 bits per heavy atom. The second-order valence-corrected chi connectivity index (χ2v) is 13.9. The molecular weight excluding hydrogens is 583 g/mol. The number of ether oxygens (including phenoxy) is 2. The minimum absolute atomic E-state index is 0.0966. The van der Waals surface area contributed by atoms with E-state index in [4.69, 9.17) is 26.1 Å². The minimum Gasteiger partial charge on any atom is -0.492 e. The van der Waals surface area contributed by atoms with E-state index in [0.717, 1.165) is 59.4 Å². The molecule has 1 fully saturated rings. The van der Waals surface area contributed by atoms with Crippen molar-refractivity contribution in [3.63, 3.8) is 0 Å². The van der Waals surface area contributed by atoms with Gasteiger partial charge in [-0.15, -0.1) is 0 Å². The number of aromatic nitrogens is 2. The van der Waals surface area contributed by atoms with Crippen LogP contribution in [0.4, 0.5) is 0 Å². The van der Waals surface area contributed by atoms with Crippen molar-refractivity contribution < 1.29 is 14.3 Å². The third-order valence-electron chi connectivity index (χ3n) is 8.38. The second-order valence-electron chi connectivity index (χ2n) is 11.5. The molecule has 234 valence electrons. The van der Waals surface area contributed by atoms with Crippen LogP contribution >= 0.6 is 7.92 Å². The van der Waals surface area contributed by atoms with Crippen molar-refractivity contribution >= 4 is 13.9 Å². The maximum Gasteiger partial charge on any atom is 0.341 e. The van der Waals surface area contributed by atoms with E-state index >= 15 is 0 Å². The fourth-order valence-electron chi connectivity index (χ4n) is 6.27. The quantitative estimate of drug-likeness (QED) is 0.0934. The van der Waals surface area contributed by atoms with Crippen molar-refractivity contribution in [3.05, 3.63) is 113 Å². The zero-order valence-electron chi connectivity index (χ0n) is 26.1. The molecule has 3 aromatic carbocycles. The van der Waals surface area contributed by atoms with Crippen LogP contribution in [-0.4, -0.2) is 58.6 Å². The Morgan fingerprint density at radius 1 is 1.11 bits per heavy atom. The maximum absolute atomic E-state index is 13.0. The summed E-state index contributed by atoms with van der Waals surface area (Å²) in [7, 11) is 1.08. The number of benzene rings is 3. The van der Waals surface area contributed by atoms with E-state index in [2.05, 4.69) is 66.4 Å². The van der Waals surface area contributed by atoms with Gasteiger partial charge in [0.2, 0.25) is 0 Å². The molecule has 3 atom stereocenters. The lowest BCUT2D eigenvalue weighted by Crippen LogP contribution is -2.29. The Balaban J connectivity index is 1.29. The summed E-state index contributed by atoms with van der Waals surface area (Å²) >= 11 is 0. The van der Waals surface area contributed by atoms with Gasteiger partial charge in [-0.3, -0.25) is 4.90 Å². The number of nitrogens with zero attached hydrogens (tertiary/aromatic N) is 4. The highest BCUT2D eigenvalue weighted by atomic mass is 31.1. The highest BCUT2D eigenvalue weighted by molar-refractivity contribution is 7.69. The van der Waals surface area contributed by atoms with E-state index in [-0.39, 0.29) is 11.6 Å². The minimum atomic E-state index is -0.668. The van der Waals surface area contributed by atoms with E-state index in [1.165, 1.54) is 16.1 Å². The molecule has 0 amide bonds. The first kappa shape index (κ1) is 30.8. The average Bonchev–Trinajstić information content (AvgIpc) is 3.75. The zero-order chi connectivity index (χ0) is 31.5. The molecule has 6 rings (SSSR count). The highest BCUT2D eigenvalue weighted by Gasteiger charge is 2.45. The van der Waals surface area contributed by atoms with Crippen LogP contribution in [0.15, 0.2) is 90.6 Å². The molecule has 2 aliphatic rings. The number of hydrazine groups is 1. The van der Waals surface area contributed by atoms with Crippen molar-refractivity contribution in [1.29, 1.82) is 0 Å². The predicted molar refractivity (Wildman–Crippen MR) is 179 cm³/mol. The monoisotopic (exact) mass is 624 g/mol. The lowest BCUT2D eigenvalue weighted by molar-refractivity contribution is 0.0525. The Bertz CT molecular complexity index is 1700. The van der Waals surface area contributed by atoms with Crippen molar-refractivity contribution in [2.45, 2.75) is 38.5 Å². The van der Waals surface area contributed by atoms with Crippen LogP contribution in [0.1, 0.15) is 59.1 Å². The SMILES string of the molecule is CCOC(=O)c1cnn(-c2cccc(-c3cccc(CN4CCOc5ccccc5[C@H]4CC)c3)c2)c1[C@@H]1CP1/C(N)=C/N(C)N. The Kier molecular flexibility index (Phi) is 9.21. The third-order valence-corrected chi connectivity index (χ3v) is 10.6. The van der Waals surface area contributed by atoms with Crippen LogP contribution in [0.5, 0.6) is 5.75 Å². The molecule has 45 heavy (non-hydrogen) atoms. The molecule has 4 N–H and O–H groups in total. The highest BCUT2D eigenvalue weighted by Crippen LogP contribution is 2.73. The van der Waals surface area contributed by atoms with Gasteiger partial charge in [0.15, 0.2) is 0 Å². The number of fused-ring (bicyclic) bond motifs is 1. The number of rotatable bonds is 10. The molecule has 1 saturated heterocycles. The smallest absolute Gasteiger partial charge is 0.341 e. The molecule has 1 unspecified atom stereocenters. The van der Waals surface area contributed by atoms with Crippen LogP contribution in [0.25, 0.3) is 16.8 Å². The molecule has 0 radical (unpaired) electrons. The van der Waals surface area contributed by atoms with Gasteiger partial charge in [-0.25, -0.2) is 15.3 Å². The van der Waals surface area contributed by atoms with Gasteiger partial charge in [-0.1, -0.05) is 55.5 Å². The Labute approximate surface area is 266 Å². The molecule has 3 heterocycles. The van der Waals surface area contributed by atoms with Gasteiger partial charge in [-0.2, -0.15) is 5.10 Å². The normalized spacial score (nSPS) is 19.7. The predicted octanol–water partition coefficient (Wildman–Crippen LogP) is 6.16. The summed E-state index contributed by atoms with van der Waals surface area (Å²) in [4.78, 5) is 15.5. The summed E-state index contributed by atoms with van der Waals surface area (Å²) in [5.41, 5.74) is 14.2. The number of hydrogen-bond donors (Lipinski definition) is 2. The van der Waals surface area contributed by atoms with E-state index in [1.807, 2.05) is 29.8 Å². The Morgan fingerprint density at radius 3 is 2.67 bits per heavy atom. The largest absolute Gasteiger partial charge is 0.492 e. The van der Waals surface area contributed by atoms with Crippen molar-refractivity contribution in [2.24, 2.45) is 11.6 Å². The fourth-order valence-corrected chi connectivity index (χ4v) is 8.41. The van der Waals surface area contributed by atoms with Crippen molar-refractivity contribution in [3.8, 4) is 22.6 Å². The van der Waals surface area contributed by atoms with Gasteiger partial charge < -0.3 is 20.2 Å². The molecular formula is C35H41N6O3P. The summed E-state index contributed by atoms with van der Waals surface area (Å²) in [5, 5.41) is 6.16. The molecule has 0 bridgehead atoms. The van der Waals surface area contributed by atoms with E-state index in [1.54, 1.807) is 19.4 Å².